The van der Waals surface area contributed by atoms with Gasteiger partial charge in [-0.2, -0.15) is 0 Å². The van der Waals surface area contributed by atoms with Crippen LogP contribution in [0.15, 0.2) is 29.2 Å². The highest BCUT2D eigenvalue weighted by molar-refractivity contribution is 6.05. The van der Waals surface area contributed by atoms with Gasteiger partial charge in [-0.25, -0.2) is 29.3 Å². The fraction of sp³-hybridized carbons (Fsp3) is 0.278. The third-order valence-corrected chi connectivity index (χ3v) is 4.66. The molecule has 0 amide bonds. The molecule has 27 heavy (non-hydrogen) atoms. The van der Waals surface area contributed by atoms with Crippen LogP contribution in [0.5, 0.6) is 0 Å². The van der Waals surface area contributed by atoms with Gasteiger partial charge in [-0.3, -0.25) is 0 Å². The Morgan fingerprint density at radius 2 is 1.93 bits per heavy atom. The minimum atomic E-state index is -0.443. The van der Waals surface area contributed by atoms with Crippen molar-refractivity contribution in [3.63, 3.8) is 0 Å². The van der Waals surface area contributed by atoms with Crippen molar-refractivity contribution >= 4 is 34.0 Å². The zero-order valence-electron chi connectivity index (χ0n) is 14.8. The van der Waals surface area contributed by atoms with Crippen molar-refractivity contribution in [2.75, 3.05) is 23.3 Å². The van der Waals surface area contributed by atoms with Crippen molar-refractivity contribution in [2.24, 2.45) is 0 Å². The van der Waals surface area contributed by atoms with Gasteiger partial charge < -0.3 is 14.6 Å². The molecular weight excluding hydrogens is 349 g/mol. The van der Waals surface area contributed by atoms with Crippen molar-refractivity contribution in [2.45, 2.75) is 19.9 Å². The Hall–Kier alpha value is -3.36. The average Bonchev–Trinajstić information content (AvgIpc) is 2.98. The third kappa shape index (κ3) is 2.62. The molecule has 9 heteroatoms. The molecule has 0 saturated carbocycles. The lowest BCUT2D eigenvalue weighted by Gasteiger charge is -2.39. The molecule has 0 atom stereocenters. The summed E-state index contributed by atoms with van der Waals surface area (Å²) in [5.74, 6) is 0.711. The molecule has 1 aliphatic heterocycles. The monoisotopic (exact) mass is 365 g/mol. The first kappa shape index (κ1) is 15.9. The molecule has 0 aromatic carbocycles. The normalized spacial score (nSPS) is 14.7. The highest BCUT2D eigenvalue weighted by Crippen LogP contribution is 2.32. The first-order valence-electron chi connectivity index (χ1n) is 8.59. The second-order valence-corrected chi connectivity index (χ2v) is 6.71. The van der Waals surface area contributed by atoms with Crippen LogP contribution in [0.4, 0.5) is 16.2 Å². The number of fused-ring (bicyclic) bond motifs is 3. The molecule has 0 unspecified atom stereocenters. The van der Waals surface area contributed by atoms with Gasteiger partial charge in [0.25, 0.3) is 0 Å². The van der Waals surface area contributed by atoms with E-state index in [0.29, 0.717) is 36.2 Å². The largest absolute Gasteiger partial charge is 0.432 e. The van der Waals surface area contributed by atoms with Gasteiger partial charge in [-0.15, -0.1) is 0 Å². The number of anilines is 2. The summed E-state index contributed by atoms with van der Waals surface area (Å²) in [6.45, 7) is 5.33. The molecule has 0 radical (unpaired) electrons. The minimum absolute atomic E-state index is 0.153. The molecule has 4 aromatic heterocycles. The van der Waals surface area contributed by atoms with E-state index in [9.17, 15) is 4.39 Å². The molecule has 0 spiro atoms. The quantitative estimate of drug-likeness (QED) is 0.592. The van der Waals surface area contributed by atoms with Crippen LogP contribution in [0.1, 0.15) is 11.3 Å². The summed E-state index contributed by atoms with van der Waals surface area (Å²) in [4.78, 5) is 23.2. The molecule has 1 aliphatic rings. The smallest absolute Gasteiger partial charge is 0.229 e. The molecular formula is C18H16FN7O. The average molecular weight is 365 g/mol. The van der Waals surface area contributed by atoms with Crippen LogP contribution in [0, 0.1) is 19.7 Å². The van der Waals surface area contributed by atoms with Crippen LogP contribution in [-0.4, -0.2) is 44.1 Å². The number of nitrogens with one attached hydrogen (secondary N) is 1. The molecule has 0 aliphatic carbocycles. The lowest BCUT2D eigenvalue weighted by atomic mass is 10.1. The maximum atomic E-state index is 12.9. The van der Waals surface area contributed by atoms with Gasteiger partial charge >= 0.3 is 0 Å². The van der Waals surface area contributed by atoms with Crippen LogP contribution >= 0.6 is 0 Å². The van der Waals surface area contributed by atoms with Gasteiger partial charge in [0.05, 0.1) is 23.8 Å². The second kappa shape index (κ2) is 5.83. The Labute approximate surface area is 153 Å². The molecule has 0 bridgehead atoms. The Morgan fingerprint density at radius 1 is 1.15 bits per heavy atom. The van der Waals surface area contributed by atoms with Crippen molar-refractivity contribution < 1.29 is 8.81 Å². The number of hydrogen-bond donors (Lipinski definition) is 1. The first-order valence-corrected chi connectivity index (χ1v) is 8.59. The zero-order valence-corrected chi connectivity index (χ0v) is 14.8. The number of hydrogen-bond acceptors (Lipinski definition) is 8. The van der Waals surface area contributed by atoms with Crippen molar-refractivity contribution in [3.8, 4) is 0 Å². The SMILES string of the molecule is Cc1cc(C)c2c(n1)oc1c(NC3CN(c4ncc(F)cn4)C3)ncnc12. The number of rotatable bonds is 3. The van der Waals surface area contributed by atoms with Crippen molar-refractivity contribution in [1.82, 2.24) is 24.9 Å². The molecule has 5 rings (SSSR count). The lowest BCUT2D eigenvalue weighted by Crippen LogP contribution is -2.55. The molecule has 1 saturated heterocycles. The van der Waals surface area contributed by atoms with E-state index in [0.717, 1.165) is 22.2 Å². The summed E-state index contributed by atoms with van der Waals surface area (Å²) >= 11 is 0. The topological polar surface area (TPSA) is 92.9 Å². The number of nitrogens with zero attached hydrogens (tertiary/aromatic N) is 6. The standard InChI is InChI=1S/C18H16FN7O/c1-9-3-10(2)24-17-13(9)14-15(27-17)16(23-8-22-14)25-12-6-26(7-12)18-20-4-11(19)5-21-18/h3-5,8,12H,6-7H2,1-2H3,(H,22,23,25). The maximum absolute atomic E-state index is 12.9. The third-order valence-electron chi connectivity index (χ3n) is 4.66. The van der Waals surface area contributed by atoms with E-state index in [4.69, 9.17) is 4.42 Å². The van der Waals surface area contributed by atoms with Crippen LogP contribution in [0.2, 0.25) is 0 Å². The van der Waals surface area contributed by atoms with Crippen LogP contribution in [0.3, 0.4) is 0 Å². The highest BCUT2D eigenvalue weighted by atomic mass is 19.1. The Morgan fingerprint density at radius 3 is 2.70 bits per heavy atom. The number of halogens is 1. The number of furan rings is 1. The Kier molecular flexibility index (Phi) is 3.43. The maximum Gasteiger partial charge on any atom is 0.229 e. The van der Waals surface area contributed by atoms with Gasteiger partial charge in [0.15, 0.2) is 17.2 Å². The Balaban J connectivity index is 1.41. The van der Waals surface area contributed by atoms with E-state index < -0.39 is 5.82 Å². The van der Waals surface area contributed by atoms with Gasteiger partial charge in [0.2, 0.25) is 11.7 Å². The Bertz CT molecular complexity index is 1150. The summed E-state index contributed by atoms with van der Waals surface area (Å²) in [6.07, 6.45) is 3.87. The first-order chi connectivity index (χ1) is 13.1. The fourth-order valence-electron chi connectivity index (χ4n) is 3.41. The predicted octanol–water partition coefficient (Wildman–Crippen LogP) is 2.62. The van der Waals surface area contributed by atoms with Crippen LogP contribution in [0.25, 0.3) is 22.2 Å². The number of aromatic nitrogens is 5. The minimum Gasteiger partial charge on any atom is -0.432 e. The predicted molar refractivity (Wildman–Crippen MR) is 98.2 cm³/mol. The van der Waals surface area contributed by atoms with Crippen molar-refractivity contribution in [1.29, 1.82) is 0 Å². The molecule has 1 N–H and O–H groups in total. The van der Waals surface area contributed by atoms with Gasteiger partial charge in [-0.05, 0) is 25.5 Å². The molecule has 4 aromatic rings. The second-order valence-electron chi connectivity index (χ2n) is 6.71. The van der Waals surface area contributed by atoms with E-state index in [-0.39, 0.29) is 6.04 Å². The van der Waals surface area contributed by atoms with Crippen molar-refractivity contribution in [3.05, 3.63) is 41.9 Å². The highest BCUT2D eigenvalue weighted by Gasteiger charge is 2.30. The molecule has 1 fully saturated rings. The summed E-state index contributed by atoms with van der Waals surface area (Å²) in [5, 5.41) is 4.30. The van der Waals surface area contributed by atoms with Gasteiger partial charge in [-0.1, -0.05) is 0 Å². The fourth-order valence-corrected chi connectivity index (χ4v) is 3.41. The van der Waals surface area contributed by atoms with Crippen LogP contribution < -0.4 is 10.2 Å². The molecule has 8 nitrogen and oxygen atoms in total. The van der Waals surface area contributed by atoms with Gasteiger partial charge in [0.1, 0.15) is 11.8 Å². The molecule has 136 valence electrons. The lowest BCUT2D eigenvalue weighted by molar-refractivity contribution is 0.531. The summed E-state index contributed by atoms with van der Waals surface area (Å²) in [7, 11) is 0. The van der Waals surface area contributed by atoms with E-state index in [1.165, 1.54) is 18.7 Å². The summed E-state index contributed by atoms with van der Waals surface area (Å²) in [5.41, 5.74) is 3.90. The number of aryl methyl sites for hydroxylation is 2. The van der Waals surface area contributed by atoms with E-state index in [1.54, 1.807) is 0 Å². The summed E-state index contributed by atoms with van der Waals surface area (Å²) in [6, 6.07) is 2.17. The van der Waals surface area contributed by atoms with Gasteiger partial charge in [0, 0.05) is 18.8 Å². The number of pyridine rings is 1. The van der Waals surface area contributed by atoms with E-state index >= 15 is 0 Å². The zero-order chi connectivity index (χ0) is 18.5. The van der Waals surface area contributed by atoms with E-state index in [1.807, 2.05) is 24.8 Å². The molecule has 5 heterocycles. The van der Waals surface area contributed by atoms with E-state index in [2.05, 4.69) is 30.2 Å². The summed E-state index contributed by atoms with van der Waals surface area (Å²) < 4.78 is 18.9. The van der Waals surface area contributed by atoms with Crippen LogP contribution in [-0.2, 0) is 0 Å².